The van der Waals surface area contributed by atoms with Crippen LogP contribution in [0.3, 0.4) is 0 Å². The van der Waals surface area contributed by atoms with Crippen molar-refractivity contribution in [3.63, 3.8) is 0 Å². The van der Waals surface area contributed by atoms with Crippen molar-refractivity contribution >= 4 is 27.8 Å². The van der Waals surface area contributed by atoms with E-state index in [0.717, 1.165) is 10.2 Å². The van der Waals surface area contributed by atoms with Gasteiger partial charge >= 0.3 is 0 Å². The summed E-state index contributed by atoms with van der Waals surface area (Å²) in [5, 5.41) is 4.10. The van der Waals surface area contributed by atoms with Gasteiger partial charge in [0.25, 0.3) is 0 Å². The summed E-state index contributed by atoms with van der Waals surface area (Å²) < 4.78 is 13.5. The van der Waals surface area contributed by atoms with Crippen molar-refractivity contribution in [3.8, 4) is 11.5 Å². The molecule has 1 aliphatic rings. The zero-order chi connectivity index (χ0) is 14.8. The standard InChI is InChI=1S/C15H13BrN2O3/c1-18-12(11(16)9-17-18)3-4-13(19)10-2-5-14-15(8-10)21-7-6-20-14/h2-5,8-9H,6-7H2,1H3/b4-3+. The smallest absolute Gasteiger partial charge is 0.186 e. The van der Waals surface area contributed by atoms with Gasteiger partial charge < -0.3 is 9.47 Å². The predicted octanol–water partition coefficient (Wildman–Crippen LogP) is 2.85. The Hall–Kier alpha value is -2.08. The molecule has 0 amide bonds. The summed E-state index contributed by atoms with van der Waals surface area (Å²) in [5.41, 5.74) is 1.40. The number of ketones is 1. The van der Waals surface area contributed by atoms with Gasteiger partial charge in [0, 0.05) is 12.6 Å². The number of halogens is 1. The first-order valence-corrected chi connectivity index (χ1v) is 7.24. The number of allylic oxidation sites excluding steroid dienone is 1. The van der Waals surface area contributed by atoms with Crippen LogP contribution in [-0.4, -0.2) is 28.8 Å². The molecule has 0 N–H and O–H groups in total. The lowest BCUT2D eigenvalue weighted by molar-refractivity contribution is 0.104. The van der Waals surface area contributed by atoms with Crippen LogP contribution in [0.2, 0.25) is 0 Å². The van der Waals surface area contributed by atoms with Crippen molar-refractivity contribution in [2.24, 2.45) is 7.05 Å². The molecule has 2 aromatic rings. The molecule has 1 aliphatic heterocycles. The highest BCUT2D eigenvalue weighted by atomic mass is 79.9. The van der Waals surface area contributed by atoms with Crippen LogP contribution >= 0.6 is 15.9 Å². The van der Waals surface area contributed by atoms with Crippen LogP contribution in [0.5, 0.6) is 11.5 Å². The van der Waals surface area contributed by atoms with Crippen molar-refractivity contribution in [1.82, 2.24) is 9.78 Å². The largest absolute Gasteiger partial charge is 0.486 e. The molecule has 0 radical (unpaired) electrons. The molecular formula is C15H13BrN2O3. The maximum absolute atomic E-state index is 12.2. The van der Waals surface area contributed by atoms with Gasteiger partial charge in [0.2, 0.25) is 0 Å². The van der Waals surface area contributed by atoms with Gasteiger partial charge in [-0.1, -0.05) is 0 Å². The number of carbonyl (C=O) groups is 1. The Labute approximate surface area is 130 Å². The number of aryl methyl sites for hydroxylation is 1. The molecule has 1 aromatic heterocycles. The summed E-state index contributed by atoms with van der Waals surface area (Å²) in [7, 11) is 1.82. The monoisotopic (exact) mass is 348 g/mol. The molecule has 0 aliphatic carbocycles. The maximum Gasteiger partial charge on any atom is 0.186 e. The Morgan fingerprint density at radius 1 is 1.33 bits per heavy atom. The second-order valence-corrected chi connectivity index (χ2v) is 5.41. The molecule has 0 spiro atoms. The molecule has 0 fully saturated rings. The molecule has 5 nitrogen and oxygen atoms in total. The van der Waals surface area contributed by atoms with Crippen LogP contribution < -0.4 is 9.47 Å². The molecule has 1 aromatic carbocycles. The summed E-state index contributed by atoms with van der Waals surface area (Å²) in [6.07, 6.45) is 4.94. The van der Waals surface area contributed by atoms with Crippen molar-refractivity contribution in [2.45, 2.75) is 0 Å². The van der Waals surface area contributed by atoms with Gasteiger partial charge in [-0.3, -0.25) is 9.48 Å². The first kappa shape index (κ1) is 13.9. The quantitative estimate of drug-likeness (QED) is 0.632. The fourth-order valence-corrected chi connectivity index (χ4v) is 2.54. The zero-order valence-electron chi connectivity index (χ0n) is 11.4. The number of benzene rings is 1. The van der Waals surface area contributed by atoms with Gasteiger partial charge in [0.1, 0.15) is 13.2 Å². The Morgan fingerprint density at radius 3 is 2.81 bits per heavy atom. The molecule has 0 saturated carbocycles. The number of nitrogens with zero attached hydrogens (tertiary/aromatic N) is 2. The Kier molecular flexibility index (Phi) is 3.79. The number of ether oxygens (including phenoxy) is 2. The Morgan fingerprint density at radius 2 is 2.10 bits per heavy atom. The highest BCUT2D eigenvalue weighted by Gasteiger charge is 2.14. The number of carbonyl (C=O) groups excluding carboxylic acids is 1. The molecule has 6 heteroatoms. The lowest BCUT2D eigenvalue weighted by Crippen LogP contribution is -2.15. The molecule has 2 heterocycles. The molecule has 108 valence electrons. The summed E-state index contributed by atoms with van der Waals surface area (Å²) in [5.74, 6) is 1.19. The minimum absolute atomic E-state index is 0.0972. The maximum atomic E-state index is 12.2. The average Bonchev–Trinajstić information content (AvgIpc) is 2.83. The van der Waals surface area contributed by atoms with Crippen LogP contribution in [0.4, 0.5) is 0 Å². The predicted molar refractivity (Wildman–Crippen MR) is 81.7 cm³/mol. The summed E-state index contributed by atoms with van der Waals surface area (Å²) in [6.45, 7) is 1.04. The second kappa shape index (κ2) is 5.73. The lowest BCUT2D eigenvalue weighted by atomic mass is 10.1. The van der Waals surface area contributed by atoms with E-state index in [4.69, 9.17) is 9.47 Å². The Balaban J connectivity index is 1.82. The first-order chi connectivity index (χ1) is 10.1. The van der Waals surface area contributed by atoms with Crippen molar-refractivity contribution in [2.75, 3.05) is 13.2 Å². The number of rotatable bonds is 3. The van der Waals surface area contributed by atoms with E-state index in [2.05, 4.69) is 21.0 Å². The van der Waals surface area contributed by atoms with E-state index in [1.54, 1.807) is 35.2 Å². The van der Waals surface area contributed by atoms with Gasteiger partial charge in [-0.05, 0) is 46.3 Å². The van der Waals surface area contributed by atoms with E-state index < -0.39 is 0 Å². The summed E-state index contributed by atoms with van der Waals surface area (Å²) >= 11 is 3.39. The normalized spacial score (nSPS) is 13.6. The molecule has 0 saturated heterocycles. The van der Waals surface area contributed by atoms with Crippen LogP contribution in [-0.2, 0) is 7.05 Å². The third kappa shape index (κ3) is 2.85. The van der Waals surface area contributed by atoms with Gasteiger partial charge in [-0.25, -0.2) is 0 Å². The van der Waals surface area contributed by atoms with Crippen molar-refractivity contribution in [3.05, 3.63) is 46.2 Å². The SMILES string of the molecule is Cn1ncc(Br)c1/C=C/C(=O)c1ccc2c(c1)OCCO2. The van der Waals surface area contributed by atoms with Crippen LogP contribution in [0.25, 0.3) is 6.08 Å². The summed E-state index contributed by atoms with van der Waals surface area (Å²) in [6, 6.07) is 5.20. The number of fused-ring (bicyclic) bond motifs is 1. The average molecular weight is 349 g/mol. The molecule has 0 atom stereocenters. The van der Waals surface area contributed by atoms with E-state index >= 15 is 0 Å². The molecular weight excluding hydrogens is 336 g/mol. The van der Waals surface area contributed by atoms with E-state index in [9.17, 15) is 4.79 Å². The zero-order valence-corrected chi connectivity index (χ0v) is 13.0. The van der Waals surface area contributed by atoms with Gasteiger partial charge in [0.05, 0.1) is 16.4 Å². The minimum atomic E-state index is -0.0972. The fraction of sp³-hybridized carbons (Fsp3) is 0.200. The molecule has 21 heavy (non-hydrogen) atoms. The fourth-order valence-electron chi connectivity index (χ4n) is 2.06. The van der Waals surface area contributed by atoms with Crippen LogP contribution in [0.1, 0.15) is 16.1 Å². The highest BCUT2D eigenvalue weighted by molar-refractivity contribution is 9.10. The number of hydrogen-bond acceptors (Lipinski definition) is 4. The lowest BCUT2D eigenvalue weighted by Gasteiger charge is -2.18. The topological polar surface area (TPSA) is 53.4 Å². The number of aromatic nitrogens is 2. The molecule has 0 unspecified atom stereocenters. The molecule has 3 rings (SSSR count). The van der Waals surface area contributed by atoms with Crippen molar-refractivity contribution in [1.29, 1.82) is 0 Å². The van der Waals surface area contributed by atoms with Crippen LogP contribution in [0, 0.1) is 0 Å². The first-order valence-electron chi connectivity index (χ1n) is 6.45. The van der Waals surface area contributed by atoms with Gasteiger partial charge in [0.15, 0.2) is 17.3 Å². The molecule has 0 bridgehead atoms. The van der Waals surface area contributed by atoms with E-state index in [1.165, 1.54) is 6.08 Å². The Bertz CT molecular complexity index is 702. The minimum Gasteiger partial charge on any atom is -0.486 e. The number of hydrogen-bond donors (Lipinski definition) is 0. The van der Waals surface area contributed by atoms with Crippen LogP contribution in [0.15, 0.2) is 34.9 Å². The third-order valence-corrected chi connectivity index (χ3v) is 3.77. The third-order valence-electron chi connectivity index (χ3n) is 3.16. The van der Waals surface area contributed by atoms with Gasteiger partial charge in [-0.2, -0.15) is 5.10 Å². The van der Waals surface area contributed by atoms with E-state index in [-0.39, 0.29) is 5.78 Å². The van der Waals surface area contributed by atoms with E-state index in [0.29, 0.717) is 30.3 Å². The van der Waals surface area contributed by atoms with E-state index in [1.807, 2.05) is 7.05 Å². The van der Waals surface area contributed by atoms with Crippen molar-refractivity contribution < 1.29 is 14.3 Å². The second-order valence-electron chi connectivity index (χ2n) is 4.56. The highest BCUT2D eigenvalue weighted by Crippen LogP contribution is 2.31. The summed E-state index contributed by atoms with van der Waals surface area (Å²) in [4.78, 5) is 12.2. The van der Waals surface area contributed by atoms with Gasteiger partial charge in [-0.15, -0.1) is 0 Å².